The van der Waals surface area contributed by atoms with Gasteiger partial charge in [0.15, 0.2) is 0 Å². The van der Waals surface area contributed by atoms with Gasteiger partial charge in [-0.25, -0.2) is 0 Å². The lowest BCUT2D eigenvalue weighted by Gasteiger charge is -2.25. The number of esters is 1. The molecule has 4 heteroatoms. The van der Waals surface area contributed by atoms with Crippen LogP contribution in [0.3, 0.4) is 0 Å². The summed E-state index contributed by atoms with van der Waals surface area (Å²) in [7, 11) is 7.53. The molecule has 0 aromatic heterocycles. The first-order valence-corrected chi connectivity index (χ1v) is 4.89. The average Bonchev–Trinajstić information content (AvgIpc) is 2.13. The van der Waals surface area contributed by atoms with Crippen molar-refractivity contribution in [2.24, 2.45) is 0 Å². The summed E-state index contributed by atoms with van der Waals surface area (Å²) in [5, 5.41) is 0. The van der Waals surface area contributed by atoms with Crippen molar-refractivity contribution in [2.75, 3.05) is 41.3 Å². The molecule has 1 atom stereocenters. The first-order valence-electron chi connectivity index (χ1n) is 4.89. The number of carbonyl (C=O) groups is 1. The molecule has 0 spiro atoms. The predicted octanol–water partition coefficient (Wildman–Crippen LogP) is 0.431. The van der Waals surface area contributed by atoms with Crippen LogP contribution in [0.1, 0.15) is 13.3 Å². The molecule has 0 N–H and O–H groups in total. The lowest BCUT2D eigenvalue weighted by Crippen LogP contribution is -2.36. The highest BCUT2D eigenvalue weighted by Gasteiger charge is 2.13. The van der Waals surface area contributed by atoms with E-state index in [1.165, 1.54) is 7.11 Å². The number of likely N-dealkylation sites (N-methyl/N-ethyl adjacent to an activating group) is 2. The van der Waals surface area contributed by atoms with E-state index in [4.69, 9.17) is 0 Å². The fourth-order valence-electron chi connectivity index (χ4n) is 1.06. The van der Waals surface area contributed by atoms with E-state index in [0.29, 0.717) is 6.42 Å². The second kappa shape index (κ2) is 6.79. The molecule has 0 aliphatic carbocycles. The van der Waals surface area contributed by atoms with Gasteiger partial charge in [-0.3, -0.25) is 4.79 Å². The molecule has 0 radical (unpaired) electrons. The fourth-order valence-corrected chi connectivity index (χ4v) is 1.06. The van der Waals surface area contributed by atoms with Gasteiger partial charge in [-0.15, -0.1) is 0 Å². The molecule has 0 aromatic carbocycles. The second-order valence-electron chi connectivity index (χ2n) is 3.91. The highest BCUT2D eigenvalue weighted by atomic mass is 16.5. The van der Waals surface area contributed by atoms with Crippen LogP contribution >= 0.6 is 0 Å². The average molecular weight is 202 g/mol. The van der Waals surface area contributed by atoms with Crippen LogP contribution in [0.15, 0.2) is 0 Å². The lowest BCUT2D eigenvalue weighted by molar-refractivity contribution is -0.141. The minimum atomic E-state index is -0.144. The maximum Gasteiger partial charge on any atom is 0.307 e. The summed E-state index contributed by atoms with van der Waals surface area (Å²) in [5.41, 5.74) is 0. The Morgan fingerprint density at radius 1 is 1.29 bits per heavy atom. The lowest BCUT2D eigenvalue weighted by atomic mass is 10.2. The zero-order valence-corrected chi connectivity index (χ0v) is 9.91. The van der Waals surface area contributed by atoms with Crippen molar-refractivity contribution in [3.8, 4) is 0 Å². The third-order valence-electron chi connectivity index (χ3n) is 2.34. The zero-order valence-electron chi connectivity index (χ0n) is 9.91. The van der Waals surface area contributed by atoms with Crippen molar-refractivity contribution in [1.82, 2.24) is 9.80 Å². The van der Waals surface area contributed by atoms with Crippen LogP contribution in [0, 0.1) is 0 Å². The Morgan fingerprint density at radius 2 is 1.86 bits per heavy atom. The molecule has 0 aromatic rings. The summed E-state index contributed by atoms with van der Waals surface area (Å²) in [6, 6.07) is 0.238. The van der Waals surface area contributed by atoms with Crippen LogP contribution in [-0.2, 0) is 9.53 Å². The van der Waals surface area contributed by atoms with Gasteiger partial charge in [0.1, 0.15) is 0 Å². The molecule has 14 heavy (non-hydrogen) atoms. The van der Waals surface area contributed by atoms with E-state index < -0.39 is 0 Å². The Morgan fingerprint density at radius 3 is 2.29 bits per heavy atom. The van der Waals surface area contributed by atoms with Gasteiger partial charge in [0.25, 0.3) is 0 Å². The molecular formula is C10H22N2O2. The molecule has 0 heterocycles. The van der Waals surface area contributed by atoms with Crippen LogP contribution in [0.5, 0.6) is 0 Å². The quantitative estimate of drug-likeness (QED) is 0.585. The molecule has 0 bridgehead atoms. The van der Waals surface area contributed by atoms with Crippen LogP contribution in [0.2, 0.25) is 0 Å². The Bertz CT molecular complexity index is 172. The maximum absolute atomic E-state index is 11.0. The van der Waals surface area contributed by atoms with E-state index >= 15 is 0 Å². The summed E-state index contributed by atoms with van der Waals surface area (Å²) >= 11 is 0. The number of carbonyl (C=O) groups excluding carboxylic acids is 1. The summed E-state index contributed by atoms with van der Waals surface area (Å²) in [4.78, 5) is 15.3. The van der Waals surface area contributed by atoms with Gasteiger partial charge in [-0.1, -0.05) is 0 Å². The van der Waals surface area contributed by atoms with Crippen LogP contribution in [-0.4, -0.2) is 63.2 Å². The third kappa shape index (κ3) is 5.94. The van der Waals surface area contributed by atoms with Gasteiger partial charge in [0.05, 0.1) is 13.5 Å². The van der Waals surface area contributed by atoms with E-state index in [2.05, 4.69) is 14.5 Å². The minimum Gasteiger partial charge on any atom is -0.469 e. The molecule has 0 aliphatic rings. The molecule has 0 aliphatic heterocycles. The molecule has 0 saturated carbocycles. The molecule has 0 rings (SSSR count). The predicted molar refractivity (Wildman–Crippen MR) is 57.3 cm³/mol. The smallest absolute Gasteiger partial charge is 0.307 e. The van der Waals surface area contributed by atoms with Gasteiger partial charge < -0.3 is 14.5 Å². The molecular weight excluding hydrogens is 180 g/mol. The maximum atomic E-state index is 11.0. The topological polar surface area (TPSA) is 32.8 Å². The van der Waals surface area contributed by atoms with Gasteiger partial charge >= 0.3 is 5.97 Å². The van der Waals surface area contributed by atoms with Crippen molar-refractivity contribution >= 4 is 5.97 Å². The van der Waals surface area contributed by atoms with E-state index in [9.17, 15) is 4.79 Å². The van der Waals surface area contributed by atoms with Gasteiger partial charge in [0, 0.05) is 19.1 Å². The molecule has 0 fully saturated rings. The molecule has 1 unspecified atom stereocenters. The number of hydrogen-bond donors (Lipinski definition) is 0. The van der Waals surface area contributed by atoms with Gasteiger partial charge in [-0.05, 0) is 28.1 Å². The normalized spacial score (nSPS) is 13.4. The molecule has 4 nitrogen and oxygen atoms in total. The summed E-state index contributed by atoms with van der Waals surface area (Å²) in [6.07, 6.45) is 0.459. The first kappa shape index (κ1) is 13.4. The number of methoxy groups -OCH3 is 1. The minimum absolute atomic E-state index is 0.144. The zero-order chi connectivity index (χ0) is 11.1. The number of hydrogen-bond acceptors (Lipinski definition) is 4. The largest absolute Gasteiger partial charge is 0.469 e. The van der Waals surface area contributed by atoms with E-state index in [0.717, 1.165) is 13.1 Å². The molecule has 0 saturated heterocycles. The SMILES string of the molecule is COC(=O)CC(C)N(C)CCN(C)C. The third-order valence-corrected chi connectivity index (χ3v) is 2.34. The van der Waals surface area contributed by atoms with Crippen molar-refractivity contribution in [3.63, 3.8) is 0 Å². The number of ether oxygens (including phenoxy) is 1. The van der Waals surface area contributed by atoms with Crippen molar-refractivity contribution < 1.29 is 9.53 Å². The first-order chi connectivity index (χ1) is 6.47. The highest BCUT2D eigenvalue weighted by molar-refractivity contribution is 5.69. The Labute approximate surface area is 86.8 Å². The van der Waals surface area contributed by atoms with E-state index in [1.807, 2.05) is 28.1 Å². The van der Waals surface area contributed by atoms with Crippen molar-refractivity contribution in [2.45, 2.75) is 19.4 Å². The standard InChI is InChI=1S/C10H22N2O2/c1-9(8-10(13)14-5)12(4)7-6-11(2)3/h9H,6-8H2,1-5H3. The highest BCUT2D eigenvalue weighted by Crippen LogP contribution is 2.01. The number of rotatable bonds is 6. The Hall–Kier alpha value is -0.610. The number of nitrogens with zero attached hydrogens (tertiary/aromatic N) is 2. The van der Waals surface area contributed by atoms with Gasteiger partial charge in [0.2, 0.25) is 0 Å². The van der Waals surface area contributed by atoms with Crippen LogP contribution in [0.25, 0.3) is 0 Å². The van der Waals surface area contributed by atoms with Crippen molar-refractivity contribution in [3.05, 3.63) is 0 Å². The van der Waals surface area contributed by atoms with E-state index in [1.54, 1.807) is 0 Å². The van der Waals surface area contributed by atoms with Gasteiger partial charge in [-0.2, -0.15) is 0 Å². The van der Waals surface area contributed by atoms with Crippen LogP contribution < -0.4 is 0 Å². The second-order valence-corrected chi connectivity index (χ2v) is 3.91. The Balaban J connectivity index is 3.75. The van der Waals surface area contributed by atoms with Crippen LogP contribution in [0.4, 0.5) is 0 Å². The summed E-state index contributed by atoms with van der Waals surface area (Å²) in [6.45, 7) is 4.00. The monoisotopic (exact) mass is 202 g/mol. The van der Waals surface area contributed by atoms with Crippen molar-refractivity contribution in [1.29, 1.82) is 0 Å². The summed E-state index contributed by atoms with van der Waals surface area (Å²) < 4.78 is 4.62. The van der Waals surface area contributed by atoms with E-state index in [-0.39, 0.29) is 12.0 Å². The molecule has 0 amide bonds. The fraction of sp³-hybridized carbons (Fsp3) is 0.900. The molecule has 84 valence electrons. The Kier molecular flexibility index (Phi) is 6.49. The summed E-state index contributed by atoms with van der Waals surface area (Å²) in [5.74, 6) is -0.144.